The molecule has 2 N–H and O–H groups in total. The van der Waals surface area contributed by atoms with Crippen LogP contribution in [0.25, 0.3) is 12.2 Å². The summed E-state index contributed by atoms with van der Waals surface area (Å²) < 4.78 is 0. The van der Waals surface area contributed by atoms with Crippen LogP contribution in [-0.4, -0.2) is 31.7 Å². The van der Waals surface area contributed by atoms with E-state index in [0.717, 1.165) is 16.8 Å². The molecule has 7 nitrogen and oxygen atoms in total. The van der Waals surface area contributed by atoms with Crippen LogP contribution in [0.4, 0.5) is 22.0 Å². The van der Waals surface area contributed by atoms with E-state index in [4.69, 9.17) is 23.2 Å². The maximum atomic E-state index is 11.7. The van der Waals surface area contributed by atoms with Crippen LogP contribution >= 0.6 is 23.2 Å². The highest BCUT2D eigenvalue weighted by Gasteiger charge is 2.28. The van der Waals surface area contributed by atoms with E-state index in [2.05, 4.69) is 20.3 Å². The number of aromatic nitrogens is 3. The first-order valence-electron chi connectivity index (χ1n) is 9.35. The van der Waals surface area contributed by atoms with Crippen molar-refractivity contribution >= 4 is 58.6 Å². The van der Waals surface area contributed by atoms with E-state index in [-0.39, 0.29) is 5.28 Å². The molecule has 2 aromatic heterocycles. The Morgan fingerprint density at radius 2 is 1.84 bits per heavy atom. The Morgan fingerprint density at radius 1 is 1.10 bits per heavy atom. The number of carboxylic acid groups (broad SMARTS) is 1. The molecule has 2 heterocycles. The maximum Gasteiger partial charge on any atom is 0.412 e. The van der Waals surface area contributed by atoms with Crippen molar-refractivity contribution in [2.75, 3.05) is 10.2 Å². The minimum Gasteiger partial charge on any atom is -0.465 e. The van der Waals surface area contributed by atoms with Crippen molar-refractivity contribution in [3.8, 4) is 0 Å². The van der Waals surface area contributed by atoms with Crippen LogP contribution in [0.1, 0.15) is 31.9 Å². The summed E-state index contributed by atoms with van der Waals surface area (Å²) in [6.07, 6.45) is 7.39. The van der Waals surface area contributed by atoms with E-state index in [9.17, 15) is 9.90 Å². The second kappa shape index (κ2) is 9.32. The molecule has 0 aliphatic rings. The summed E-state index contributed by atoms with van der Waals surface area (Å²) in [4.78, 5) is 25.1. The van der Waals surface area contributed by atoms with Gasteiger partial charge in [-0.05, 0) is 61.7 Å². The van der Waals surface area contributed by atoms with E-state index >= 15 is 0 Å². The molecule has 0 atom stereocenters. The zero-order valence-corrected chi connectivity index (χ0v) is 18.7. The molecule has 0 aliphatic carbocycles. The second-order valence-electron chi connectivity index (χ2n) is 7.68. The Kier molecular flexibility index (Phi) is 6.77. The first kappa shape index (κ1) is 22.5. The molecule has 0 aliphatic heterocycles. The van der Waals surface area contributed by atoms with Gasteiger partial charge in [-0.25, -0.2) is 9.78 Å². The lowest BCUT2D eigenvalue weighted by Gasteiger charge is -2.32. The van der Waals surface area contributed by atoms with Crippen molar-refractivity contribution in [2.45, 2.75) is 26.3 Å². The van der Waals surface area contributed by atoms with Crippen molar-refractivity contribution in [2.24, 2.45) is 0 Å². The zero-order chi connectivity index (χ0) is 22.6. The van der Waals surface area contributed by atoms with E-state index < -0.39 is 11.6 Å². The third-order valence-corrected chi connectivity index (χ3v) is 4.66. The number of hydrogen-bond donors (Lipinski definition) is 2. The number of nitrogens with one attached hydrogen (secondary N) is 1. The van der Waals surface area contributed by atoms with Gasteiger partial charge >= 0.3 is 6.09 Å². The van der Waals surface area contributed by atoms with Crippen LogP contribution in [0.3, 0.4) is 0 Å². The van der Waals surface area contributed by atoms with Gasteiger partial charge in [0.1, 0.15) is 5.02 Å². The second-order valence-corrected chi connectivity index (χ2v) is 8.43. The summed E-state index contributed by atoms with van der Waals surface area (Å²) in [5.74, 6) is 0.413. The van der Waals surface area contributed by atoms with Crippen LogP contribution in [-0.2, 0) is 0 Å². The molecule has 31 heavy (non-hydrogen) atoms. The molecular formula is C22H21Cl2N5O2. The van der Waals surface area contributed by atoms with Gasteiger partial charge in [0.05, 0.1) is 18.1 Å². The summed E-state index contributed by atoms with van der Waals surface area (Å²) >= 11 is 11.9. The molecule has 0 spiro atoms. The van der Waals surface area contributed by atoms with Crippen LogP contribution in [0.2, 0.25) is 10.3 Å². The van der Waals surface area contributed by atoms with Crippen molar-refractivity contribution in [1.82, 2.24) is 15.0 Å². The quantitative estimate of drug-likeness (QED) is 0.432. The fraction of sp³-hybridized carbons (Fsp3) is 0.182. The molecule has 160 valence electrons. The minimum atomic E-state index is -1.03. The number of benzene rings is 1. The van der Waals surface area contributed by atoms with Gasteiger partial charge in [0.15, 0.2) is 5.82 Å². The third-order valence-electron chi connectivity index (χ3n) is 4.20. The topological polar surface area (TPSA) is 91.2 Å². The van der Waals surface area contributed by atoms with Crippen molar-refractivity contribution in [3.63, 3.8) is 0 Å². The summed E-state index contributed by atoms with van der Waals surface area (Å²) in [5.41, 5.74) is 2.37. The van der Waals surface area contributed by atoms with Crippen molar-refractivity contribution in [1.29, 1.82) is 0 Å². The summed E-state index contributed by atoms with van der Waals surface area (Å²) in [7, 11) is 0. The highest BCUT2D eigenvalue weighted by molar-refractivity contribution is 6.33. The normalized spacial score (nSPS) is 11.5. The first-order chi connectivity index (χ1) is 14.6. The monoisotopic (exact) mass is 457 g/mol. The largest absolute Gasteiger partial charge is 0.465 e. The van der Waals surface area contributed by atoms with E-state index in [0.29, 0.717) is 16.5 Å². The van der Waals surface area contributed by atoms with Gasteiger partial charge in [-0.2, -0.15) is 4.98 Å². The molecule has 1 amide bonds. The first-order valence-corrected chi connectivity index (χ1v) is 10.1. The molecule has 0 radical (unpaired) electrons. The number of amides is 1. The summed E-state index contributed by atoms with van der Waals surface area (Å²) in [5, 5.41) is 13.2. The van der Waals surface area contributed by atoms with Crippen LogP contribution in [0, 0.1) is 0 Å². The minimum absolute atomic E-state index is 0.0981. The molecule has 0 saturated carbocycles. The molecule has 3 rings (SSSR count). The lowest BCUT2D eigenvalue weighted by Crippen LogP contribution is -2.45. The summed E-state index contributed by atoms with van der Waals surface area (Å²) in [6, 6.07) is 9.40. The molecule has 9 heteroatoms. The Morgan fingerprint density at radius 3 is 2.55 bits per heavy atom. The van der Waals surface area contributed by atoms with Crippen LogP contribution < -0.4 is 10.2 Å². The van der Waals surface area contributed by atoms with Gasteiger partial charge < -0.3 is 10.4 Å². The van der Waals surface area contributed by atoms with E-state index in [1.807, 2.05) is 57.2 Å². The number of halogens is 2. The maximum absolute atomic E-state index is 11.7. The average molecular weight is 458 g/mol. The highest BCUT2D eigenvalue weighted by atomic mass is 35.5. The Bertz CT molecular complexity index is 1130. The predicted molar refractivity (Wildman–Crippen MR) is 125 cm³/mol. The van der Waals surface area contributed by atoms with Gasteiger partial charge in [-0.15, -0.1) is 0 Å². The van der Waals surface area contributed by atoms with Crippen LogP contribution in [0.5, 0.6) is 0 Å². The number of pyridine rings is 1. The molecule has 0 saturated heterocycles. The van der Waals surface area contributed by atoms with E-state index in [1.54, 1.807) is 12.3 Å². The van der Waals surface area contributed by atoms with Gasteiger partial charge in [0.2, 0.25) is 5.28 Å². The predicted octanol–water partition coefficient (Wildman–Crippen LogP) is 6.38. The molecule has 0 unspecified atom stereocenters. The van der Waals surface area contributed by atoms with Gasteiger partial charge in [0.25, 0.3) is 0 Å². The lowest BCUT2D eigenvalue weighted by molar-refractivity contribution is 0.195. The standard InChI is InChI=1S/C22H21Cl2N5O2/c1-22(2,3)29(21(30)31)17-10-15(11-25-12-17)8-7-14-5-4-6-16(9-14)27-19-18(23)13-26-20(24)28-19/h4-13H,1-3H3,(H,30,31)(H,26,27,28). The highest BCUT2D eigenvalue weighted by Crippen LogP contribution is 2.26. The lowest BCUT2D eigenvalue weighted by atomic mass is 10.1. The van der Waals surface area contributed by atoms with Gasteiger partial charge in [0, 0.05) is 17.4 Å². The average Bonchev–Trinajstić information content (AvgIpc) is 2.68. The molecule has 3 aromatic rings. The number of rotatable bonds is 5. The molecule has 0 bridgehead atoms. The van der Waals surface area contributed by atoms with Crippen molar-refractivity contribution < 1.29 is 9.90 Å². The third kappa shape index (κ3) is 5.93. The molecule has 1 aromatic carbocycles. The Balaban J connectivity index is 1.82. The number of hydrogen-bond acceptors (Lipinski definition) is 5. The van der Waals surface area contributed by atoms with Gasteiger partial charge in [-0.3, -0.25) is 9.88 Å². The Hall–Kier alpha value is -3.16. The fourth-order valence-corrected chi connectivity index (χ4v) is 3.20. The van der Waals surface area contributed by atoms with E-state index in [1.165, 1.54) is 17.3 Å². The smallest absolute Gasteiger partial charge is 0.412 e. The number of anilines is 3. The number of carbonyl (C=O) groups is 1. The van der Waals surface area contributed by atoms with Crippen LogP contribution in [0.15, 0.2) is 48.9 Å². The zero-order valence-electron chi connectivity index (χ0n) is 17.2. The van der Waals surface area contributed by atoms with Crippen molar-refractivity contribution in [3.05, 3.63) is 70.4 Å². The molecular weight excluding hydrogens is 437 g/mol. The SMILES string of the molecule is CC(C)(C)N(C(=O)O)c1cncc(C=Cc2cccc(Nc3nc(Cl)ncc3Cl)c2)c1. The molecule has 0 fully saturated rings. The summed E-state index contributed by atoms with van der Waals surface area (Å²) in [6.45, 7) is 5.50. The van der Waals surface area contributed by atoms with Gasteiger partial charge in [-0.1, -0.05) is 35.9 Å². The fourth-order valence-electron chi connectivity index (χ4n) is 2.93. The number of nitrogens with zero attached hydrogens (tertiary/aromatic N) is 4. The Labute approximate surface area is 190 Å².